The molecule has 0 aromatic carbocycles. The first kappa shape index (κ1) is 58.9. The zero-order chi connectivity index (χ0) is 44.8. The van der Waals surface area contributed by atoms with E-state index >= 15 is 0 Å². The number of carbonyl (C=O) groups is 2. The van der Waals surface area contributed by atoms with Crippen LogP contribution in [0.1, 0.15) is 219 Å². The van der Waals surface area contributed by atoms with E-state index in [2.05, 4.69) is 62.5 Å². The Bertz CT molecular complexity index is 1150. The molecule has 356 valence electrons. The molecule has 10 nitrogen and oxygen atoms in total. The average molecular weight is 883 g/mol. The smallest absolute Gasteiger partial charge is 0.457 e. The molecule has 0 aromatic rings. The van der Waals surface area contributed by atoms with E-state index in [-0.39, 0.29) is 12.8 Å². The number of ether oxygens (including phenoxy) is 2. The van der Waals surface area contributed by atoms with E-state index in [0.717, 1.165) is 70.6 Å². The predicted molar refractivity (Wildman–Crippen MR) is 251 cm³/mol. The Hall–Kier alpha value is -2.07. The number of aliphatic hydroxyl groups excluding tert-OH is 2. The number of carbonyl (C=O) groups excluding carboxylic acids is 2. The van der Waals surface area contributed by atoms with Gasteiger partial charge in [0, 0.05) is 12.8 Å². The zero-order valence-corrected chi connectivity index (χ0v) is 39.8. The van der Waals surface area contributed by atoms with Gasteiger partial charge in [-0.3, -0.25) is 18.6 Å². The van der Waals surface area contributed by atoms with Gasteiger partial charge < -0.3 is 24.6 Å². The molecule has 0 aliphatic heterocycles. The molecule has 0 rings (SSSR count). The lowest BCUT2D eigenvalue weighted by Gasteiger charge is -2.20. The van der Waals surface area contributed by atoms with Crippen LogP contribution in [-0.2, 0) is 32.7 Å². The summed E-state index contributed by atoms with van der Waals surface area (Å²) in [5.41, 5.74) is 0. The Kier molecular flexibility index (Phi) is 44.4. The summed E-state index contributed by atoms with van der Waals surface area (Å²) in [7, 11) is -4.65. The Morgan fingerprint density at radius 2 is 0.721 bits per heavy atom. The molecule has 0 radical (unpaired) electrons. The van der Waals surface area contributed by atoms with E-state index in [0.29, 0.717) is 12.8 Å². The van der Waals surface area contributed by atoms with Gasteiger partial charge in [-0.1, -0.05) is 178 Å². The van der Waals surface area contributed by atoms with Crippen LogP contribution in [0.4, 0.5) is 0 Å². The summed E-state index contributed by atoms with van der Waals surface area (Å²) < 4.78 is 32.7. The highest BCUT2D eigenvalue weighted by Crippen LogP contribution is 2.43. The third-order valence-electron chi connectivity index (χ3n) is 10.5. The number of allylic oxidation sites excluding steroid dienone is 8. The van der Waals surface area contributed by atoms with Crippen molar-refractivity contribution in [1.82, 2.24) is 0 Å². The standard InChI is InChI=1S/C50H91O10P/c1-3-5-7-9-11-13-15-17-19-21-23-25-27-29-31-33-35-37-39-41-49(53)59-47(43-51)45-57-61(55,56)58-46-48(44-52)60-50(54)42-40-38-36-34-32-30-28-26-24-22-20-18-16-14-12-10-8-6-4-2/h11,13,17-20,23,25,47-48,51-52H,3-10,12,14-16,21-22,24,26-46H2,1-2H3,(H,55,56)/b13-11-,19-17-,20-18-,25-23-. The van der Waals surface area contributed by atoms with Crippen LogP contribution < -0.4 is 0 Å². The molecule has 0 heterocycles. The Balaban J connectivity index is 3.89. The largest absolute Gasteiger partial charge is 0.472 e. The molecule has 11 heteroatoms. The van der Waals surface area contributed by atoms with Gasteiger partial charge in [-0.2, -0.15) is 0 Å². The molecule has 0 aliphatic carbocycles. The summed E-state index contributed by atoms with van der Waals surface area (Å²) in [4.78, 5) is 34.6. The van der Waals surface area contributed by atoms with Crippen molar-refractivity contribution in [1.29, 1.82) is 0 Å². The summed E-state index contributed by atoms with van der Waals surface area (Å²) in [6.45, 7) is 2.18. The number of aliphatic hydroxyl groups is 2. The highest BCUT2D eigenvalue weighted by Gasteiger charge is 2.27. The Morgan fingerprint density at radius 1 is 0.443 bits per heavy atom. The lowest BCUT2D eigenvalue weighted by molar-refractivity contribution is -0.153. The van der Waals surface area contributed by atoms with E-state index in [1.165, 1.54) is 109 Å². The van der Waals surface area contributed by atoms with Crippen LogP contribution in [0.15, 0.2) is 48.6 Å². The molecule has 0 aromatic heterocycles. The van der Waals surface area contributed by atoms with Crippen molar-refractivity contribution < 1.29 is 47.8 Å². The predicted octanol–water partition coefficient (Wildman–Crippen LogP) is 13.7. The maximum absolute atomic E-state index is 12.4. The number of hydrogen-bond donors (Lipinski definition) is 3. The maximum Gasteiger partial charge on any atom is 0.472 e. The van der Waals surface area contributed by atoms with Gasteiger partial charge in [-0.25, -0.2) is 4.57 Å². The van der Waals surface area contributed by atoms with Crippen LogP contribution in [0.2, 0.25) is 0 Å². The van der Waals surface area contributed by atoms with E-state index in [4.69, 9.17) is 18.5 Å². The quantitative estimate of drug-likeness (QED) is 0.0233. The van der Waals surface area contributed by atoms with Gasteiger partial charge in [0.05, 0.1) is 26.4 Å². The van der Waals surface area contributed by atoms with Crippen LogP contribution in [0, 0.1) is 0 Å². The second-order valence-electron chi connectivity index (χ2n) is 16.4. The highest BCUT2D eigenvalue weighted by atomic mass is 31.2. The molecule has 0 spiro atoms. The third-order valence-corrected chi connectivity index (χ3v) is 11.5. The first-order chi connectivity index (χ1) is 29.8. The van der Waals surface area contributed by atoms with Crippen LogP contribution in [0.3, 0.4) is 0 Å². The lowest BCUT2D eigenvalue weighted by atomic mass is 10.1. The summed E-state index contributed by atoms with van der Waals surface area (Å²) in [6.07, 6.45) is 50.7. The second kappa shape index (κ2) is 45.9. The highest BCUT2D eigenvalue weighted by molar-refractivity contribution is 7.47. The maximum atomic E-state index is 12.4. The molecule has 3 unspecified atom stereocenters. The molecular formula is C50H91O10P. The number of phosphoric ester groups is 1. The van der Waals surface area contributed by atoms with Crippen molar-refractivity contribution >= 4 is 19.8 Å². The van der Waals surface area contributed by atoms with Crippen molar-refractivity contribution in [3.63, 3.8) is 0 Å². The molecule has 61 heavy (non-hydrogen) atoms. The second-order valence-corrected chi connectivity index (χ2v) is 17.9. The van der Waals surface area contributed by atoms with Crippen molar-refractivity contribution in [2.45, 2.75) is 232 Å². The number of phosphoric acid groups is 1. The van der Waals surface area contributed by atoms with Gasteiger partial charge >= 0.3 is 19.8 Å². The minimum atomic E-state index is -4.65. The first-order valence-electron chi connectivity index (χ1n) is 24.6. The van der Waals surface area contributed by atoms with Crippen molar-refractivity contribution in [2.75, 3.05) is 26.4 Å². The van der Waals surface area contributed by atoms with Crippen molar-refractivity contribution in [3.8, 4) is 0 Å². The van der Waals surface area contributed by atoms with Gasteiger partial charge in [0.2, 0.25) is 0 Å². The Labute approximate surface area is 373 Å². The molecule has 0 bridgehead atoms. The van der Waals surface area contributed by atoms with Crippen molar-refractivity contribution in [2.24, 2.45) is 0 Å². The fraction of sp³-hybridized carbons (Fsp3) is 0.800. The zero-order valence-electron chi connectivity index (χ0n) is 38.9. The van der Waals surface area contributed by atoms with E-state index in [1.54, 1.807) is 0 Å². The summed E-state index contributed by atoms with van der Waals surface area (Å²) in [5, 5.41) is 19.2. The average Bonchev–Trinajstić information content (AvgIpc) is 3.25. The lowest BCUT2D eigenvalue weighted by Crippen LogP contribution is -2.28. The molecule has 0 aliphatic rings. The van der Waals surface area contributed by atoms with Crippen LogP contribution in [-0.4, -0.2) is 65.7 Å². The molecule has 0 saturated carbocycles. The van der Waals surface area contributed by atoms with Gasteiger partial charge in [0.15, 0.2) is 0 Å². The molecule has 0 fully saturated rings. The van der Waals surface area contributed by atoms with E-state index in [1.807, 2.05) is 0 Å². The number of unbranched alkanes of at least 4 members (excludes halogenated alkanes) is 24. The SMILES string of the molecule is CCCCC/C=C\C/C=C\C/C=C\CCCCCCCCC(=O)OC(CO)COP(=O)(O)OCC(CO)OC(=O)CCCCCCCCCCC/C=C\CCCCCCCC. The first-order valence-corrected chi connectivity index (χ1v) is 26.1. The number of hydrogen-bond acceptors (Lipinski definition) is 9. The minimum Gasteiger partial charge on any atom is -0.457 e. The van der Waals surface area contributed by atoms with Crippen LogP contribution in [0.25, 0.3) is 0 Å². The summed E-state index contributed by atoms with van der Waals surface area (Å²) in [5.74, 6) is -1.03. The fourth-order valence-electron chi connectivity index (χ4n) is 6.71. The molecule has 3 N–H and O–H groups in total. The van der Waals surface area contributed by atoms with Crippen molar-refractivity contribution in [3.05, 3.63) is 48.6 Å². The fourth-order valence-corrected chi connectivity index (χ4v) is 7.49. The molecule has 0 amide bonds. The van der Waals surface area contributed by atoms with Crippen LogP contribution >= 0.6 is 7.82 Å². The normalized spacial score (nSPS) is 14.1. The van der Waals surface area contributed by atoms with Gasteiger partial charge in [0.25, 0.3) is 0 Å². The summed E-state index contributed by atoms with van der Waals surface area (Å²) in [6, 6.07) is 0. The van der Waals surface area contributed by atoms with E-state index in [9.17, 15) is 29.3 Å². The number of esters is 2. The molecule has 0 saturated heterocycles. The van der Waals surface area contributed by atoms with Gasteiger partial charge in [-0.05, 0) is 77.0 Å². The number of rotatable bonds is 46. The Morgan fingerprint density at radius 3 is 1.08 bits per heavy atom. The topological polar surface area (TPSA) is 149 Å². The third kappa shape index (κ3) is 44.3. The molecular weight excluding hydrogens is 792 g/mol. The van der Waals surface area contributed by atoms with Crippen LogP contribution in [0.5, 0.6) is 0 Å². The minimum absolute atomic E-state index is 0.177. The monoisotopic (exact) mass is 883 g/mol. The van der Waals surface area contributed by atoms with E-state index < -0.39 is 58.4 Å². The van der Waals surface area contributed by atoms with Gasteiger partial charge in [0.1, 0.15) is 12.2 Å². The summed E-state index contributed by atoms with van der Waals surface area (Å²) >= 11 is 0. The molecule has 3 atom stereocenters. The van der Waals surface area contributed by atoms with Gasteiger partial charge in [-0.15, -0.1) is 0 Å².